The van der Waals surface area contributed by atoms with E-state index >= 15 is 0 Å². The number of halogens is 2. The van der Waals surface area contributed by atoms with Gasteiger partial charge < -0.3 is 15.2 Å². The van der Waals surface area contributed by atoms with Crippen molar-refractivity contribution in [3.05, 3.63) is 41.7 Å². The van der Waals surface area contributed by atoms with Crippen LogP contribution in [-0.4, -0.2) is 53.1 Å². The van der Waals surface area contributed by atoms with E-state index in [1.807, 2.05) is 0 Å². The van der Waals surface area contributed by atoms with Crippen LogP contribution in [0.25, 0.3) is 11.3 Å². The molecule has 1 saturated heterocycles. The van der Waals surface area contributed by atoms with E-state index in [2.05, 4.69) is 34.5 Å². The number of rotatable bonds is 7. The first-order chi connectivity index (χ1) is 17.8. The lowest BCUT2D eigenvalue weighted by atomic mass is 9.80. The molecular formula is C28H36F2N4O3. The van der Waals surface area contributed by atoms with E-state index < -0.39 is 17.5 Å². The molecule has 2 unspecified atom stereocenters. The fourth-order valence-corrected chi connectivity index (χ4v) is 6.22. The number of benzene rings is 1. The van der Waals surface area contributed by atoms with Crippen molar-refractivity contribution in [3.8, 4) is 11.3 Å². The van der Waals surface area contributed by atoms with E-state index in [9.17, 15) is 18.4 Å². The standard InChI is InChI=1S/C28H36F2N4O3/c1-16-5-3-8-25(16)34-12-11-23(21(15-34)27(35)31-17(2)18-6-4-7-18)32-28(36)26-14-24(33-37-26)20-10-9-19(29)13-22(20)30/h9-10,13-14,16-18,21,23,25H,3-8,11-12,15H2,1-2H3,(H,31,35)(H,32,36)/t16?,17-,21-,23-,25?/m1/s1. The Morgan fingerprint density at radius 2 is 1.89 bits per heavy atom. The van der Waals surface area contributed by atoms with Crippen molar-refractivity contribution in [2.75, 3.05) is 13.1 Å². The second kappa shape index (κ2) is 10.9. The number of hydrogen-bond acceptors (Lipinski definition) is 5. The van der Waals surface area contributed by atoms with Crippen molar-refractivity contribution in [2.45, 2.75) is 76.9 Å². The fourth-order valence-electron chi connectivity index (χ4n) is 6.22. The van der Waals surface area contributed by atoms with E-state index in [4.69, 9.17) is 4.52 Å². The van der Waals surface area contributed by atoms with Crippen LogP contribution in [0.1, 0.15) is 69.3 Å². The Kier molecular flexibility index (Phi) is 7.60. The maximum atomic E-state index is 14.2. The Hall–Kier alpha value is -2.81. The fraction of sp³-hybridized carbons (Fsp3) is 0.607. The number of carbonyl (C=O) groups excluding carboxylic acids is 2. The smallest absolute Gasteiger partial charge is 0.290 e. The molecule has 2 aromatic rings. The summed E-state index contributed by atoms with van der Waals surface area (Å²) < 4.78 is 32.6. The molecule has 2 saturated carbocycles. The summed E-state index contributed by atoms with van der Waals surface area (Å²) in [5.74, 6) is -1.35. The first-order valence-electron chi connectivity index (χ1n) is 13.6. The third-order valence-electron chi connectivity index (χ3n) is 8.75. The molecule has 37 heavy (non-hydrogen) atoms. The molecule has 2 amide bonds. The first kappa shape index (κ1) is 25.8. The SMILES string of the molecule is CC1CCCC1N1CC[C@@H](NC(=O)c2cc(-c3ccc(F)cc3F)no2)[C@H](C(=O)N[C@H](C)C2CCC2)C1. The van der Waals surface area contributed by atoms with Gasteiger partial charge in [-0.05, 0) is 63.0 Å². The van der Waals surface area contributed by atoms with Crippen molar-refractivity contribution < 1.29 is 22.9 Å². The number of carbonyl (C=O) groups is 2. The Bertz CT molecular complexity index is 1130. The normalized spacial score (nSPS) is 27.5. The zero-order chi connectivity index (χ0) is 26.1. The van der Waals surface area contributed by atoms with Crippen LogP contribution in [0.4, 0.5) is 8.78 Å². The summed E-state index contributed by atoms with van der Waals surface area (Å²) in [5.41, 5.74) is 0.154. The lowest BCUT2D eigenvalue weighted by Gasteiger charge is -2.43. The first-order valence-corrected chi connectivity index (χ1v) is 13.6. The highest BCUT2D eigenvalue weighted by Crippen LogP contribution is 2.34. The van der Waals surface area contributed by atoms with E-state index in [-0.39, 0.29) is 40.9 Å². The number of nitrogens with zero attached hydrogens (tertiary/aromatic N) is 2. The Morgan fingerprint density at radius 1 is 1.11 bits per heavy atom. The molecule has 0 bridgehead atoms. The van der Waals surface area contributed by atoms with E-state index in [0.717, 1.165) is 37.9 Å². The van der Waals surface area contributed by atoms with Crippen molar-refractivity contribution in [3.63, 3.8) is 0 Å². The van der Waals surface area contributed by atoms with Crippen LogP contribution in [0, 0.1) is 29.4 Å². The number of hydrogen-bond donors (Lipinski definition) is 2. The number of piperidine rings is 1. The average molecular weight is 515 g/mol. The van der Waals surface area contributed by atoms with Crippen LogP contribution in [-0.2, 0) is 4.79 Å². The number of nitrogens with one attached hydrogen (secondary N) is 2. The molecule has 2 aliphatic carbocycles. The predicted molar refractivity (Wildman–Crippen MR) is 135 cm³/mol. The van der Waals surface area contributed by atoms with E-state index in [1.165, 1.54) is 31.4 Å². The van der Waals surface area contributed by atoms with Gasteiger partial charge in [-0.25, -0.2) is 8.78 Å². The van der Waals surface area contributed by atoms with Gasteiger partial charge in [0.1, 0.15) is 17.3 Å². The molecular weight excluding hydrogens is 478 g/mol. The number of amides is 2. The van der Waals surface area contributed by atoms with Gasteiger partial charge in [-0.15, -0.1) is 0 Å². The maximum Gasteiger partial charge on any atom is 0.290 e. The molecule has 1 aromatic heterocycles. The molecule has 2 heterocycles. The van der Waals surface area contributed by atoms with Crippen LogP contribution >= 0.6 is 0 Å². The third-order valence-corrected chi connectivity index (χ3v) is 8.75. The summed E-state index contributed by atoms with van der Waals surface area (Å²) in [6.07, 6.45) is 7.70. The summed E-state index contributed by atoms with van der Waals surface area (Å²) in [5, 5.41) is 10.0. The lowest BCUT2D eigenvalue weighted by molar-refractivity contribution is -0.129. The Labute approximate surface area is 216 Å². The molecule has 0 radical (unpaired) electrons. The zero-order valence-corrected chi connectivity index (χ0v) is 21.5. The molecule has 1 aromatic carbocycles. The number of likely N-dealkylation sites (tertiary alicyclic amines) is 1. The largest absolute Gasteiger partial charge is 0.353 e. The van der Waals surface area contributed by atoms with E-state index in [1.54, 1.807) is 0 Å². The van der Waals surface area contributed by atoms with Crippen molar-refractivity contribution in [2.24, 2.45) is 17.8 Å². The highest BCUT2D eigenvalue weighted by atomic mass is 19.1. The van der Waals surface area contributed by atoms with Crippen LogP contribution in [0.15, 0.2) is 28.8 Å². The minimum atomic E-state index is -0.786. The van der Waals surface area contributed by atoms with Gasteiger partial charge in [-0.2, -0.15) is 0 Å². The minimum absolute atomic E-state index is 0.0216. The minimum Gasteiger partial charge on any atom is -0.353 e. The topological polar surface area (TPSA) is 87.5 Å². The third kappa shape index (κ3) is 5.56. The quantitative estimate of drug-likeness (QED) is 0.567. The lowest BCUT2D eigenvalue weighted by Crippen LogP contribution is -2.59. The molecule has 1 aliphatic heterocycles. The molecule has 5 rings (SSSR count). The van der Waals surface area contributed by atoms with Gasteiger partial charge in [0.15, 0.2) is 0 Å². The van der Waals surface area contributed by atoms with Crippen molar-refractivity contribution >= 4 is 11.8 Å². The van der Waals surface area contributed by atoms with Gasteiger partial charge in [0.05, 0.1) is 5.92 Å². The molecule has 3 fully saturated rings. The van der Waals surface area contributed by atoms with Gasteiger partial charge >= 0.3 is 0 Å². The van der Waals surface area contributed by atoms with Crippen molar-refractivity contribution in [1.82, 2.24) is 20.7 Å². The molecule has 0 spiro atoms. The van der Waals surface area contributed by atoms with E-state index in [0.29, 0.717) is 30.8 Å². The summed E-state index contributed by atoms with van der Waals surface area (Å²) in [7, 11) is 0. The summed E-state index contributed by atoms with van der Waals surface area (Å²) in [4.78, 5) is 29.0. The van der Waals surface area contributed by atoms with Gasteiger partial charge in [0, 0.05) is 48.9 Å². The van der Waals surface area contributed by atoms with Crippen molar-refractivity contribution in [1.29, 1.82) is 0 Å². The monoisotopic (exact) mass is 514 g/mol. The predicted octanol–water partition coefficient (Wildman–Crippen LogP) is 4.53. The zero-order valence-electron chi connectivity index (χ0n) is 21.5. The highest BCUT2D eigenvalue weighted by molar-refractivity contribution is 5.93. The van der Waals surface area contributed by atoms with Crippen LogP contribution in [0.5, 0.6) is 0 Å². The van der Waals surface area contributed by atoms with Crippen LogP contribution < -0.4 is 10.6 Å². The average Bonchev–Trinajstić information content (AvgIpc) is 3.47. The molecule has 2 N–H and O–H groups in total. The molecule has 5 atom stereocenters. The molecule has 200 valence electrons. The molecule has 9 heteroatoms. The Morgan fingerprint density at radius 3 is 2.57 bits per heavy atom. The van der Waals surface area contributed by atoms with Gasteiger partial charge in [0.25, 0.3) is 5.91 Å². The highest BCUT2D eigenvalue weighted by Gasteiger charge is 2.41. The summed E-state index contributed by atoms with van der Waals surface area (Å²) in [6, 6.07) is 4.71. The maximum absolute atomic E-state index is 14.2. The Balaban J connectivity index is 1.29. The summed E-state index contributed by atoms with van der Waals surface area (Å²) in [6.45, 7) is 5.76. The summed E-state index contributed by atoms with van der Waals surface area (Å²) >= 11 is 0. The van der Waals surface area contributed by atoms with Crippen LogP contribution in [0.2, 0.25) is 0 Å². The van der Waals surface area contributed by atoms with Gasteiger partial charge in [0.2, 0.25) is 11.7 Å². The number of aromatic nitrogens is 1. The second-order valence-electron chi connectivity index (χ2n) is 11.1. The van der Waals surface area contributed by atoms with Gasteiger partial charge in [-0.1, -0.05) is 24.9 Å². The van der Waals surface area contributed by atoms with Crippen LogP contribution in [0.3, 0.4) is 0 Å². The molecule has 7 nitrogen and oxygen atoms in total. The second-order valence-corrected chi connectivity index (χ2v) is 11.1. The van der Waals surface area contributed by atoms with Gasteiger partial charge in [-0.3, -0.25) is 14.5 Å². The molecule has 3 aliphatic rings.